The van der Waals surface area contributed by atoms with Gasteiger partial charge in [-0.2, -0.15) is 4.31 Å². The van der Waals surface area contributed by atoms with Crippen LogP contribution in [-0.4, -0.2) is 37.8 Å². The number of nitrogens with one attached hydrogen (secondary N) is 1. The first-order valence-corrected chi connectivity index (χ1v) is 10.0. The summed E-state index contributed by atoms with van der Waals surface area (Å²) in [5, 5.41) is 3.01. The Morgan fingerprint density at radius 3 is 2.42 bits per heavy atom. The lowest BCUT2D eigenvalue weighted by atomic mass is 9.97. The highest BCUT2D eigenvalue weighted by Gasteiger charge is 2.33. The van der Waals surface area contributed by atoms with E-state index in [1.165, 1.54) is 4.31 Å². The number of hydrogen-bond donors (Lipinski definition) is 1. The Hall–Kier alpha value is -1.40. The largest absolute Gasteiger partial charge is 0.353 e. The van der Waals surface area contributed by atoms with Gasteiger partial charge in [-0.1, -0.05) is 31.5 Å². The summed E-state index contributed by atoms with van der Waals surface area (Å²) >= 11 is 0. The van der Waals surface area contributed by atoms with E-state index in [1.807, 2.05) is 13.8 Å². The summed E-state index contributed by atoms with van der Waals surface area (Å²) < 4.78 is 27.0. The minimum Gasteiger partial charge on any atom is -0.353 e. The number of nitrogens with zero attached hydrogens (tertiary/aromatic N) is 1. The number of carbonyl (C=O) groups is 1. The number of amides is 1. The van der Waals surface area contributed by atoms with Gasteiger partial charge in [-0.05, 0) is 44.7 Å². The first-order valence-electron chi connectivity index (χ1n) is 8.59. The molecule has 0 saturated carbocycles. The second-order valence-corrected chi connectivity index (χ2v) is 8.99. The van der Waals surface area contributed by atoms with Gasteiger partial charge in [0.2, 0.25) is 15.9 Å². The van der Waals surface area contributed by atoms with Crippen LogP contribution in [0, 0.1) is 18.8 Å². The van der Waals surface area contributed by atoms with Gasteiger partial charge in [0.05, 0.1) is 10.8 Å². The molecule has 24 heavy (non-hydrogen) atoms. The zero-order valence-corrected chi connectivity index (χ0v) is 15.8. The van der Waals surface area contributed by atoms with Crippen LogP contribution < -0.4 is 5.32 Å². The van der Waals surface area contributed by atoms with Crippen molar-refractivity contribution in [3.63, 3.8) is 0 Å². The fourth-order valence-corrected chi connectivity index (χ4v) is 4.27. The molecule has 1 aromatic rings. The van der Waals surface area contributed by atoms with Gasteiger partial charge in [0.15, 0.2) is 0 Å². The number of carbonyl (C=O) groups excluding carboxylic acids is 1. The summed E-state index contributed by atoms with van der Waals surface area (Å²) in [5.41, 5.74) is 1.02. The average Bonchev–Trinajstić information content (AvgIpc) is 2.55. The van der Waals surface area contributed by atoms with Crippen molar-refractivity contribution < 1.29 is 13.2 Å². The van der Waals surface area contributed by atoms with Crippen molar-refractivity contribution in [3.05, 3.63) is 29.8 Å². The maximum Gasteiger partial charge on any atom is 0.243 e. The van der Waals surface area contributed by atoms with E-state index >= 15 is 0 Å². The molecule has 0 aliphatic carbocycles. The van der Waals surface area contributed by atoms with E-state index in [1.54, 1.807) is 24.3 Å². The number of sulfonamides is 1. The number of rotatable bonds is 5. The van der Waals surface area contributed by atoms with Gasteiger partial charge in [0, 0.05) is 19.1 Å². The van der Waals surface area contributed by atoms with Crippen LogP contribution in [0.15, 0.2) is 29.2 Å². The average molecular weight is 353 g/mol. The van der Waals surface area contributed by atoms with E-state index in [0.717, 1.165) is 12.0 Å². The van der Waals surface area contributed by atoms with Gasteiger partial charge < -0.3 is 5.32 Å². The Kier molecular flexibility index (Phi) is 6.04. The summed E-state index contributed by atoms with van der Waals surface area (Å²) in [7, 11) is -3.54. The lowest BCUT2D eigenvalue weighted by Gasteiger charge is -2.32. The lowest BCUT2D eigenvalue weighted by molar-refractivity contribution is -0.127. The monoisotopic (exact) mass is 352 g/mol. The molecule has 0 bridgehead atoms. The molecule has 134 valence electrons. The predicted molar refractivity (Wildman–Crippen MR) is 95.1 cm³/mol. The summed E-state index contributed by atoms with van der Waals surface area (Å²) in [6.07, 6.45) is 1.44. The van der Waals surface area contributed by atoms with Crippen molar-refractivity contribution in [2.75, 3.05) is 13.1 Å². The topological polar surface area (TPSA) is 66.5 Å². The van der Waals surface area contributed by atoms with Crippen LogP contribution in [0.1, 0.15) is 39.2 Å². The molecule has 1 fully saturated rings. The molecule has 1 aliphatic rings. The number of hydrogen-bond acceptors (Lipinski definition) is 3. The maximum atomic E-state index is 12.8. The number of benzene rings is 1. The molecule has 0 unspecified atom stereocenters. The third-order valence-corrected chi connectivity index (χ3v) is 6.66. The lowest BCUT2D eigenvalue weighted by Crippen LogP contribution is -2.47. The molecule has 5 nitrogen and oxygen atoms in total. The van der Waals surface area contributed by atoms with E-state index in [4.69, 9.17) is 0 Å². The van der Waals surface area contributed by atoms with Gasteiger partial charge >= 0.3 is 0 Å². The van der Waals surface area contributed by atoms with Crippen molar-refractivity contribution in [3.8, 4) is 0 Å². The number of piperidine rings is 1. The molecule has 1 heterocycles. The standard InChI is InChI=1S/C18H28N2O3S/c1-13(2)15(4)19-18(21)16-6-5-11-20(12-16)24(22,23)17-9-7-14(3)8-10-17/h7-10,13,15-16H,5-6,11-12H2,1-4H3,(H,19,21)/t15-,16-/m0/s1. The van der Waals surface area contributed by atoms with Crippen molar-refractivity contribution in [1.82, 2.24) is 9.62 Å². The van der Waals surface area contributed by atoms with Gasteiger partial charge in [-0.15, -0.1) is 0 Å². The zero-order valence-electron chi connectivity index (χ0n) is 15.0. The van der Waals surface area contributed by atoms with Gasteiger partial charge in [-0.25, -0.2) is 8.42 Å². The molecule has 0 aromatic heterocycles. The summed E-state index contributed by atoms with van der Waals surface area (Å²) in [6.45, 7) is 8.74. The molecule has 1 aromatic carbocycles. The third-order valence-electron chi connectivity index (χ3n) is 4.78. The quantitative estimate of drug-likeness (QED) is 0.886. The zero-order chi connectivity index (χ0) is 17.9. The Morgan fingerprint density at radius 1 is 1.21 bits per heavy atom. The van der Waals surface area contributed by atoms with Crippen LogP contribution in [-0.2, 0) is 14.8 Å². The van der Waals surface area contributed by atoms with E-state index in [2.05, 4.69) is 19.2 Å². The van der Waals surface area contributed by atoms with Crippen molar-refractivity contribution in [2.45, 2.75) is 51.5 Å². The van der Waals surface area contributed by atoms with Gasteiger partial charge in [0.25, 0.3) is 0 Å². The second kappa shape index (κ2) is 7.66. The highest BCUT2D eigenvalue weighted by Crippen LogP contribution is 2.24. The Morgan fingerprint density at radius 2 is 1.83 bits per heavy atom. The minimum absolute atomic E-state index is 0.0417. The van der Waals surface area contributed by atoms with E-state index in [0.29, 0.717) is 23.8 Å². The van der Waals surface area contributed by atoms with Crippen LogP contribution in [0.5, 0.6) is 0 Å². The molecule has 1 amide bonds. The maximum absolute atomic E-state index is 12.8. The molecular formula is C18H28N2O3S. The summed E-state index contributed by atoms with van der Waals surface area (Å²) in [4.78, 5) is 12.7. The van der Waals surface area contributed by atoms with Crippen molar-refractivity contribution >= 4 is 15.9 Å². The van der Waals surface area contributed by atoms with Gasteiger partial charge in [0.1, 0.15) is 0 Å². The Balaban J connectivity index is 2.09. The van der Waals surface area contributed by atoms with Crippen molar-refractivity contribution in [2.24, 2.45) is 11.8 Å². The summed E-state index contributed by atoms with van der Waals surface area (Å²) in [6, 6.07) is 6.95. The van der Waals surface area contributed by atoms with Crippen LogP contribution in [0.3, 0.4) is 0 Å². The van der Waals surface area contributed by atoms with Gasteiger partial charge in [-0.3, -0.25) is 4.79 Å². The third kappa shape index (κ3) is 4.36. The molecule has 2 atom stereocenters. The molecular weight excluding hydrogens is 324 g/mol. The molecule has 6 heteroatoms. The molecule has 1 N–H and O–H groups in total. The molecule has 0 spiro atoms. The van der Waals surface area contributed by atoms with Crippen molar-refractivity contribution in [1.29, 1.82) is 0 Å². The molecule has 1 saturated heterocycles. The molecule has 0 radical (unpaired) electrons. The fourth-order valence-electron chi connectivity index (χ4n) is 2.74. The predicted octanol–water partition coefficient (Wildman–Crippen LogP) is 2.56. The normalized spacial score (nSPS) is 20.8. The van der Waals surface area contributed by atoms with E-state index < -0.39 is 10.0 Å². The van der Waals surface area contributed by atoms with Crippen LogP contribution >= 0.6 is 0 Å². The molecule has 1 aliphatic heterocycles. The highest BCUT2D eigenvalue weighted by molar-refractivity contribution is 7.89. The Bertz CT molecular complexity index is 668. The van der Waals surface area contributed by atoms with Crippen LogP contribution in [0.25, 0.3) is 0 Å². The smallest absolute Gasteiger partial charge is 0.243 e. The number of aryl methyl sites for hydroxylation is 1. The van der Waals surface area contributed by atoms with E-state index in [-0.39, 0.29) is 24.4 Å². The first kappa shape index (κ1) is 18.9. The summed E-state index contributed by atoms with van der Waals surface area (Å²) in [5.74, 6) is 0.0325. The van der Waals surface area contributed by atoms with Crippen LogP contribution in [0.2, 0.25) is 0 Å². The highest BCUT2D eigenvalue weighted by atomic mass is 32.2. The van der Waals surface area contributed by atoms with Crippen LogP contribution in [0.4, 0.5) is 0 Å². The Labute approximate surface area is 145 Å². The minimum atomic E-state index is -3.54. The molecule has 2 rings (SSSR count). The SMILES string of the molecule is Cc1ccc(S(=O)(=O)N2CCC[C@H](C(=O)N[C@@H](C)C(C)C)C2)cc1. The van der Waals surface area contributed by atoms with E-state index in [9.17, 15) is 13.2 Å². The first-order chi connectivity index (χ1) is 11.2. The fraction of sp³-hybridized carbons (Fsp3) is 0.611. The second-order valence-electron chi connectivity index (χ2n) is 7.06.